The van der Waals surface area contributed by atoms with Crippen LogP contribution in [0, 0.1) is 0 Å². The lowest BCUT2D eigenvalue weighted by Crippen LogP contribution is -2.48. The number of hydrogen-bond acceptors (Lipinski definition) is 7. The molecule has 5 rings (SSSR count). The van der Waals surface area contributed by atoms with Gasteiger partial charge in [-0.05, 0) is 31.0 Å². The van der Waals surface area contributed by atoms with Crippen LogP contribution in [0.3, 0.4) is 0 Å². The summed E-state index contributed by atoms with van der Waals surface area (Å²) in [6.07, 6.45) is 5.24. The largest absolute Gasteiger partial charge is 0.347 e. The second kappa shape index (κ2) is 6.06. The Hall–Kier alpha value is -3.01. The second-order valence-corrected chi connectivity index (χ2v) is 6.47. The van der Waals surface area contributed by atoms with Crippen molar-refractivity contribution in [1.29, 1.82) is 0 Å². The van der Waals surface area contributed by atoms with Gasteiger partial charge in [-0.1, -0.05) is 0 Å². The van der Waals surface area contributed by atoms with Gasteiger partial charge in [-0.25, -0.2) is 5.06 Å². The molecule has 0 radical (unpaired) electrons. The summed E-state index contributed by atoms with van der Waals surface area (Å²) in [6.45, 7) is 2.32. The van der Waals surface area contributed by atoms with E-state index < -0.39 is 6.04 Å². The third-order valence-electron chi connectivity index (χ3n) is 4.80. The van der Waals surface area contributed by atoms with Crippen molar-refractivity contribution in [3.05, 3.63) is 36.4 Å². The standard InChI is InChI=1S/C16H18N8O2/c25-16(23-7-1-2-8-26-23)13-10-21(9-12-5-6-18-24(12)13)15-4-3-14-19-17-11-22(14)20-15/h3-6,11,13H,1-2,7-10H2/t13-/m0/s1. The number of amides is 1. The second-order valence-electron chi connectivity index (χ2n) is 6.47. The molecule has 0 aromatic carbocycles. The summed E-state index contributed by atoms with van der Waals surface area (Å²) in [4.78, 5) is 20.7. The first-order chi connectivity index (χ1) is 12.8. The van der Waals surface area contributed by atoms with Crippen molar-refractivity contribution >= 4 is 17.4 Å². The quantitative estimate of drug-likeness (QED) is 0.659. The molecule has 10 heteroatoms. The normalized spacial score (nSPS) is 20.4. The Kier molecular flexibility index (Phi) is 3.56. The van der Waals surface area contributed by atoms with Crippen LogP contribution in [0.1, 0.15) is 24.6 Å². The molecule has 0 unspecified atom stereocenters. The lowest BCUT2D eigenvalue weighted by molar-refractivity contribution is -0.200. The van der Waals surface area contributed by atoms with E-state index in [0.717, 1.165) is 24.4 Å². The van der Waals surface area contributed by atoms with Crippen molar-refractivity contribution in [1.82, 2.24) is 34.7 Å². The van der Waals surface area contributed by atoms with Crippen LogP contribution < -0.4 is 4.90 Å². The summed E-state index contributed by atoms with van der Waals surface area (Å²) in [5.74, 6) is 0.701. The Morgan fingerprint density at radius 3 is 3.08 bits per heavy atom. The molecular formula is C16H18N8O2. The van der Waals surface area contributed by atoms with Crippen molar-refractivity contribution in [2.45, 2.75) is 25.4 Å². The van der Waals surface area contributed by atoms with Gasteiger partial charge in [0, 0.05) is 12.7 Å². The first-order valence-electron chi connectivity index (χ1n) is 8.68. The fourth-order valence-electron chi connectivity index (χ4n) is 3.47. The van der Waals surface area contributed by atoms with E-state index in [1.165, 1.54) is 5.06 Å². The smallest absolute Gasteiger partial charge is 0.272 e. The maximum Gasteiger partial charge on any atom is 0.272 e. The number of rotatable bonds is 2. The molecule has 0 bridgehead atoms. The molecule has 10 nitrogen and oxygen atoms in total. The first-order valence-corrected chi connectivity index (χ1v) is 8.68. The van der Waals surface area contributed by atoms with Gasteiger partial charge in [0.15, 0.2) is 11.7 Å². The topological polar surface area (TPSA) is 93.7 Å². The fraction of sp³-hybridized carbons (Fsp3) is 0.438. The number of carbonyl (C=O) groups is 1. The SMILES string of the molecule is O=C([C@@H]1CN(c2ccc3nncn3n2)Cc2ccnn21)N1CCCCO1. The van der Waals surface area contributed by atoms with Gasteiger partial charge in [0.05, 0.1) is 25.4 Å². The van der Waals surface area contributed by atoms with Crippen molar-refractivity contribution in [2.75, 3.05) is 24.6 Å². The van der Waals surface area contributed by atoms with Gasteiger partial charge in [-0.3, -0.25) is 14.3 Å². The molecule has 3 aromatic heterocycles. The van der Waals surface area contributed by atoms with Crippen LogP contribution in [0.2, 0.25) is 0 Å². The monoisotopic (exact) mass is 354 g/mol. The lowest BCUT2D eigenvalue weighted by atomic mass is 10.1. The highest BCUT2D eigenvalue weighted by Gasteiger charge is 2.35. The summed E-state index contributed by atoms with van der Waals surface area (Å²) in [5.41, 5.74) is 1.66. The van der Waals surface area contributed by atoms with Crippen molar-refractivity contribution in [3.8, 4) is 0 Å². The van der Waals surface area contributed by atoms with Gasteiger partial charge >= 0.3 is 0 Å². The molecule has 0 saturated carbocycles. The molecule has 3 aromatic rings. The summed E-state index contributed by atoms with van der Waals surface area (Å²) in [5, 5.41) is 18.2. The van der Waals surface area contributed by atoms with Crippen LogP contribution in [0.5, 0.6) is 0 Å². The number of hydrogen-bond donors (Lipinski definition) is 0. The van der Waals surface area contributed by atoms with Gasteiger partial charge in [-0.15, -0.1) is 15.3 Å². The number of hydroxylamine groups is 2. The van der Waals surface area contributed by atoms with Crippen molar-refractivity contribution < 1.29 is 9.63 Å². The molecule has 1 amide bonds. The third-order valence-corrected chi connectivity index (χ3v) is 4.80. The van der Waals surface area contributed by atoms with E-state index in [9.17, 15) is 4.79 Å². The molecule has 0 N–H and O–H groups in total. The average molecular weight is 354 g/mol. The zero-order chi connectivity index (χ0) is 17.5. The summed E-state index contributed by atoms with van der Waals surface area (Å²) < 4.78 is 3.43. The third kappa shape index (κ3) is 2.49. The summed E-state index contributed by atoms with van der Waals surface area (Å²) in [6, 6.07) is 5.26. The van der Waals surface area contributed by atoms with Crippen LogP contribution in [-0.2, 0) is 16.2 Å². The highest BCUT2D eigenvalue weighted by Crippen LogP contribution is 2.26. The highest BCUT2D eigenvalue weighted by atomic mass is 16.7. The van der Waals surface area contributed by atoms with E-state index in [1.807, 2.05) is 18.2 Å². The minimum atomic E-state index is -0.440. The molecular weight excluding hydrogens is 336 g/mol. The predicted molar refractivity (Wildman–Crippen MR) is 90.0 cm³/mol. The van der Waals surface area contributed by atoms with Crippen LogP contribution in [-0.4, -0.2) is 60.3 Å². The molecule has 2 aliphatic heterocycles. The minimum absolute atomic E-state index is 0.0651. The van der Waals surface area contributed by atoms with Gasteiger partial charge in [0.1, 0.15) is 12.1 Å². The zero-order valence-corrected chi connectivity index (χ0v) is 14.1. The Morgan fingerprint density at radius 2 is 2.19 bits per heavy atom. The van der Waals surface area contributed by atoms with E-state index in [-0.39, 0.29) is 5.91 Å². The zero-order valence-electron chi connectivity index (χ0n) is 14.1. The first kappa shape index (κ1) is 15.3. The number of aromatic nitrogens is 6. The van der Waals surface area contributed by atoms with E-state index in [2.05, 4.69) is 25.3 Å². The Labute approximate surface area is 148 Å². The molecule has 26 heavy (non-hydrogen) atoms. The number of fused-ring (bicyclic) bond motifs is 2. The van der Waals surface area contributed by atoms with Crippen LogP contribution in [0.15, 0.2) is 30.7 Å². The van der Waals surface area contributed by atoms with Crippen LogP contribution >= 0.6 is 0 Å². The molecule has 1 atom stereocenters. The van der Waals surface area contributed by atoms with E-state index in [0.29, 0.717) is 31.9 Å². The summed E-state index contributed by atoms with van der Waals surface area (Å²) >= 11 is 0. The predicted octanol–water partition coefficient (Wildman–Crippen LogP) is 0.436. The Balaban J connectivity index is 1.47. The lowest BCUT2D eigenvalue weighted by Gasteiger charge is -2.36. The van der Waals surface area contributed by atoms with Gasteiger partial charge in [0.25, 0.3) is 5.91 Å². The van der Waals surface area contributed by atoms with Crippen molar-refractivity contribution in [2.24, 2.45) is 0 Å². The molecule has 0 spiro atoms. The molecule has 134 valence electrons. The van der Waals surface area contributed by atoms with Crippen molar-refractivity contribution in [3.63, 3.8) is 0 Å². The Morgan fingerprint density at radius 1 is 1.23 bits per heavy atom. The molecule has 2 aliphatic rings. The van der Waals surface area contributed by atoms with Gasteiger partial charge in [0.2, 0.25) is 0 Å². The molecule has 1 saturated heterocycles. The average Bonchev–Trinajstić information content (AvgIpc) is 3.35. The molecule has 5 heterocycles. The Bertz CT molecular complexity index is 945. The molecule has 1 fully saturated rings. The summed E-state index contributed by atoms with van der Waals surface area (Å²) in [7, 11) is 0. The maximum atomic E-state index is 13.0. The van der Waals surface area contributed by atoms with E-state index in [1.54, 1.807) is 21.7 Å². The number of nitrogens with zero attached hydrogens (tertiary/aromatic N) is 8. The van der Waals surface area contributed by atoms with E-state index in [4.69, 9.17) is 4.84 Å². The van der Waals surface area contributed by atoms with Crippen LogP contribution in [0.4, 0.5) is 5.82 Å². The fourth-order valence-corrected chi connectivity index (χ4v) is 3.47. The maximum absolute atomic E-state index is 13.0. The number of carbonyl (C=O) groups excluding carboxylic acids is 1. The van der Waals surface area contributed by atoms with Gasteiger partial charge in [-0.2, -0.15) is 9.61 Å². The highest BCUT2D eigenvalue weighted by molar-refractivity contribution is 5.80. The van der Waals surface area contributed by atoms with Gasteiger partial charge < -0.3 is 4.90 Å². The minimum Gasteiger partial charge on any atom is -0.347 e. The molecule has 0 aliphatic carbocycles. The van der Waals surface area contributed by atoms with E-state index >= 15 is 0 Å². The number of anilines is 1. The van der Waals surface area contributed by atoms with Crippen LogP contribution in [0.25, 0.3) is 5.65 Å².